The fourth-order valence-electron chi connectivity index (χ4n) is 4.41. The van der Waals surface area contributed by atoms with Gasteiger partial charge in [0.2, 0.25) is 0 Å². The molecule has 0 spiro atoms. The Hall–Kier alpha value is -3.12. The molecule has 0 atom stereocenters. The SMILES string of the molecule is Cc1cccc(N2CCN(CCCCNC(=O)c3cc(=O)n(C)c4ccccc34)CC2)c1. The monoisotopic (exact) mass is 432 g/mol. The van der Waals surface area contributed by atoms with Gasteiger partial charge in [-0.3, -0.25) is 14.5 Å². The van der Waals surface area contributed by atoms with E-state index in [0.717, 1.165) is 56.5 Å². The first kappa shape index (κ1) is 22.1. The molecule has 0 saturated carbocycles. The van der Waals surface area contributed by atoms with E-state index in [9.17, 15) is 9.59 Å². The third-order valence-electron chi connectivity index (χ3n) is 6.32. The molecule has 0 radical (unpaired) electrons. The molecule has 2 aromatic carbocycles. The van der Waals surface area contributed by atoms with Crippen LogP contribution in [-0.2, 0) is 7.05 Å². The van der Waals surface area contributed by atoms with Crippen LogP contribution in [0.15, 0.2) is 59.4 Å². The van der Waals surface area contributed by atoms with E-state index in [0.29, 0.717) is 12.1 Å². The Balaban J connectivity index is 1.21. The van der Waals surface area contributed by atoms with Gasteiger partial charge < -0.3 is 14.8 Å². The predicted molar refractivity (Wildman–Crippen MR) is 131 cm³/mol. The molecule has 0 unspecified atom stereocenters. The predicted octanol–water partition coefficient (Wildman–Crippen LogP) is 3.18. The zero-order chi connectivity index (χ0) is 22.5. The average Bonchev–Trinajstić information content (AvgIpc) is 2.81. The van der Waals surface area contributed by atoms with Crippen molar-refractivity contribution in [3.63, 3.8) is 0 Å². The maximum atomic E-state index is 12.7. The van der Waals surface area contributed by atoms with Crippen molar-refractivity contribution < 1.29 is 4.79 Å². The molecule has 3 aromatic rings. The lowest BCUT2D eigenvalue weighted by Crippen LogP contribution is -2.46. The molecule has 168 valence electrons. The zero-order valence-electron chi connectivity index (χ0n) is 19.0. The summed E-state index contributed by atoms with van der Waals surface area (Å²) in [5.74, 6) is -0.175. The number of nitrogens with zero attached hydrogens (tertiary/aromatic N) is 3. The summed E-state index contributed by atoms with van der Waals surface area (Å²) in [5, 5.41) is 3.80. The van der Waals surface area contributed by atoms with Gasteiger partial charge in [-0.2, -0.15) is 0 Å². The lowest BCUT2D eigenvalue weighted by atomic mass is 10.1. The van der Waals surface area contributed by atoms with E-state index in [-0.39, 0.29) is 11.5 Å². The first-order chi connectivity index (χ1) is 15.5. The van der Waals surface area contributed by atoms with Gasteiger partial charge in [0, 0.05) is 56.9 Å². The summed E-state index contributed by atoms with van der Waals surface area (Å²) in [7, 11) is 1.73. The highest BCUT2D eigenvalue weighted by Crippen LogP contribution is 2.18. The number of pyridine rings is 1. The number of fused-ring (bicyclic) bond motifs is 1. The number of hydrogen-bond acceptors (Lipinski definition) is 4. The number of aryl methyl sites for hydroxylation is 2. The molecule has 6 heteroatoms. The van der Waals surface area contributed by atoms with Gasteiger partial charge in [-0.1, -0.05) is 30.3 Å². The minimum Gasteiger partial charge on any atom is -0.369 e. The Morgan fingerprint density at radius 2 is 1.75 bits per heavy atom. The maximum absolute atomic E-state index is 12.7. The second kappa shape index (κ2) is 10.0. The van der Waals surface area contributed by atoms with Crippen molar-refractivity contribution in [2.75, 3.05) is 44.2 Å². The number of anilines is 1. The van der Waals surface area contributed by atoms with Crippen molar-refractivity contribution >= 4 is 22.5 Å². The zero-order valence-corrected chi connectivity index (χ0v) is 19.0. The summed E-state index contributed by atoms with van der Waals surface area (Å²) < 4.78 is 1.57. The average molecular weight is 433 g/mol. The molecule has 6 nitrogen and oxygen atoms in total. The van der Waals surface area contributed by atoms with E-state index in [1.54, 1.807) is 11.6 Å². The molecule has 1 aromatic heterocycles. The molecular weight excluding hydrogens is 400 g/mol. The van der Waals surface area contributed by atoms with E-state index in [4.69, 9.17) is 0 Å². The van der Waals surface area contributed by atoms with Crippen LogP contribution in [-0.4, -0.2) is 54.6 Å². The van der Waals surface area contributed by atoms with Crippen LogP contribution in [0.3, 0.4) is 0 Å². The summed E-state index contributed by atoms with van der Waals surface area (Å²) in [6, 6.07) is 17.7. The summed E-state index contributed by atoms with van der Waals surface area (Å²) in [6.45, 7) is 8.04. The Bertz CT molecular complexity index is 1150. The standard InChI is InChI=1S/C26H32N4O2/c1-20-8-7-9-21(18-20)30-16-14-29(15-17-30)13-6-5-12-27-26(32)23-19-25(31)28(2)24-11-4-3-10-22(23)24/h3-4,7-11,18-19H,5-6,12-17H2,1-2H3,(H,27,32). The Kier molecular flexibility index (Phi) is 6.90. The number of nitrogens with one attached hydrogen (secondary N) is 1. The molecule has 1 fully saturated rings. The van der Waals surface area contributed by atoms with Crippen LogP contribution in [0, 0.1) is 6.92 Å². The fraction of sp³-hybridized carbons (Fsp3) is 0.385. The van der Waals surface area contributed by atoms with Crippen LogP contribution in [0.4, 0.5) is 5.69 Å². The molecule has 1 aliphatic rings. The number of amides is 1. The van der Waals surface area contributed by atoms with Crippen LogP contribution in [0.5, 0.6) is 0 Å². The van der Waals surface area contributed by atoms with Gasteiger partial charge in [0.1, 0.15) is 0 Å². The van der Waals surface area contributed by atoms with Gasteiger partial charge in [0.15, 0.2) is 0 Å². The highest BCUT2D eigenvalue weighted by Gasteiger charge is 2.17. The molecule has 1 N–H and O–H groups in total. The van der Waals surface area contributed by atoms with E-state index in [1.165, 1.54) is 17.3 Å². The number of hydrogen-bond donors (Lipinski definition) is 1. The van der Waals surface area contributed by atoms with Crippen LogP contribution in [0.25, 0.3) is 10.9 Å². The first-order valence-corrected chi connectivity index (χ1v) is 11.4. The summed E-state index contributed by atoms with van der Waals surface area (Å²) >= 11 is 0. The largest absolute Gasteiger partial charge is 0.369 e. The highest BCUT2D eigenvalue weighted by molar-refractivity contribution is 6.06. The molecule has 1 saturated heterocycles. The smallest absolute Gasteiger partial charge is 0.252 e. The third-order valence-corrected chi connectivity index (χ3v) is 6.32. The van der Waals surface area contributed by atoms with E-state index >= 15 is 0 Å². The second-order valence-electron chi connectivity index (χ2n) is 8.60. The van der Waals surface area contributed by atoms with Crippen molar-refractivity contribution in [3.8, 4) is 0 Å². The quantitative estimate of drug-likeness (QED) is 0.583. The Morgan fingerprint density at radius 3 is 2.53 bits per heavy atom. The van der Waals surface area contributed by atoms with Crippen LogP contribution < -0.4 is 15.8 Å². The molecule has 0 bridgehead atoms. The van der Waals surface area contributed by atoms with Gasteiger partial charge >= 0.3 is 0 Å². The molecule has 32 heavy (non-hydrogen) atoms. The summed E-state index contributed by atoms with van der Waals surface area (Å²) in [6.07, 6.45) is 1.97. The van der Waals surface area contributed by atoms with Crippen LogP contribution in [0.2, 0.25) is 0 Å². The summed E-state index contributed by atoms with van der Waals surface area (Å²) in [5.41, 5.74) is 3.68. The molecule has 0 aliphatic carbocycles. The van der Waals surface area contributed by atoms with Gasteiger partial charge in [0.25, 0.3) is 11.5 Å². The van der Waals surface area contributed by atoms with Gasteiger partial charge in [-0.25, -0.2) is 0 Å². The van der Waals surface area contributed by atoms with Crippen molar-refractivity contribution in [3.05, 3.63) is 76.1 Å². The first-order valence-electron chi connectivity index (χ1n) is 11.4. The molecule has 2 heterocycles. The minimum atomic E-state index is -0.175. The Morgan fingerprint density at radius 1 is 0.969 bits per heavy atom. The number of carbonyl (C=O) groups excluding carboxylic acids is 1. The summed E-state index contributed by atoms with van der Waals surface area (Å²) in [4.78, 5) is 29.9. The van der Waals surface area contributed by atoms with Gasteiger partial charge in [0.05, 0.1) is 11.1 Å². The van der Waals surface area contributed by atoms with Crippen LogP contribution >= 0.6 is 0 Å². The normalized spacial score (nSPS) is 14.6. The number of carbonyl (C=O) groups is 1. The second-order valence-corrected chi connectivity index (χ2v) is 8.60. The third kappa shape index (κ3) is 5.02. The van der Waals surface area contributed by atoms with Crippen LogP contribution in [0.1, 0.15) is 28.8 Å². The molecular formula is C26H32N4O2. The molecule has 4 rings (SSSR count). The van der Waals surface area contributed by atoms with Crippen molar-refractivity contribution in [1.29, 1.82) is 0 Å². The number of para-hydroxylation sites is 1. The Labute approximate surface area is 189 Å². The fourth-order valence-corrected chi connectivity index (χ4v) is 4.41. The number of piperazine rings is 1. The lowest BCUT2D eigenvalue weighted by molar-refractivity contribution is 0.0954. The number of benzene rings is 2. The minimum absolute atomic E-state index is 0.168. The number of aromatic nitrogens is 1. The van der Waals surface area contributed by atoms with Crippen molar-refractivity contribution in [2.45, 2.75) is 19.8 Å². The van der Waals surface area contributed by atoms with Gasteiger partial charge in [-0.05, 0) is 50.1 Å². The number of unbranched alkanes of at least 4 members (excludes halogenated alkanes) is 1. The van der Waals surface area contributed by atoms with E-state index in [1.807, 2.05) is 24.3 Å². The topological polar surface area (TPSA) is 57.6 Å². The van der Waals surface area contributed by atoms with E-state index in [2.05, 4.69) is 46.3 Å². The van der Waals surface area contributed by atoms with Crippen molar-refractivity contribution in [2.24, 2.45) is 7.05 Å². The highest BCUT2D eigenvalue weighted by atomic mass is 16.2. The van der Waals surface area contributed by atoms with E-state index < -0.39 is 0 Å². The maximum Gasteiger partial charge on any atom is 0.252 e. The van der Waals surface area contributed by atoms with Crippen molar-refractivity contribution in [1.82, 2.24) is 14.8 Å². The number of rotatable bonds is 7. The lowest BCUT2D eigenvalue weighted by Gasteiger charge is -2.36. The molecule has 1 amide bonds. The van der Waals surface area contributed by atoms with Gasteiger partial charge in [-0.15, -0.1) is 0 Å². The molecule has 1 aliphatic heterocycles.